The molecule has 0 radical (unpaired) electrons. The van der Waals surface area contributed by atoms with Gasteiger partial charge in [-0.25, -0.2) is 9.97 Å². The molecule has 0 unspecified atom stereocenters. The minimum Gasteiger partial charge on any atom is -0.481 e. The van der Waals surface area contributed by atoms with Crippen LogP contribution in [0.3, 0.4) is 0 Å². The van der Waals surface area contributed by atoms with Crippen LogP contribution in [0.1, 0.15) is 26.7 Å². The molecule has 0 aliphatic carbocycles. The van der Waals surface area contributed by atoms with Crippen LogP contribution < -0.4 is 10.1 Å². The maximum Gasteiger partial charge on any atom is 0.218 e. The molecule has 0 aromatic carbocycles. The smallest absolute Gasteiger partial charge is 0.218 e. The van der Waals surface area contributed by atoms with Gasteiger partial charge in [-0.05, 0) is 18.3 Å². The van der Waals surface area contributed by atoms with Crippen molar-refractivity contribution in [2.45, 2.75) is 26.7 Å². The van der Waals surface area contributed by atoms with Gasteiger partial charge in [0.1, 0.15) is 12.1 Å². The topological polar surface area (TPSA) is 47.0 Å². The quantitative estimate of drug-likeness (QED) is 0.763. The summed E-state index contributed by atoms with van der Waals surface area (Å²) in [6.45, 7) is 5.28. The molecule has 0 atom stereocenters. The third-order valence-corrected chi connectivity index (χ3v) is 2.85. The molecule has 0 saturated carbocycles. The fraction of sp³-hybridized carbons (Fsp3) is 0.667. The van der Waals surface area contributed by atoms with E-state index in [9.17, 15) is 0 Å². The van der Waals surface area contributed by atoms with Gasteiger partial charge in [-0.3, -0.25) is 0 Å². The number of halogens is 1. The Morgan fingerprint density at radius 3 is 2.82 bits per heavy atom. The molecule has 1 N–H and O–H groups in total. The van der Waals surface area contributed by atoms with E-state index in [4.69, 9.17) is 16.3 Å². The van der Waals surface area contributed by atoms with E-state index in [0.29, 0.717) is 11.8 Å². The van der Waals surface area contributed by atoms with Crippen molar-refractivity contribution in [3.63, 3.8) is 0 Å². The van der Waals surface area contributed by atoms with Gasteiger partial charge < -0.3 is 10.1 Å². The fourth-order valence-corrected chi connectivity index (χ4v) is 1.64. The summed E-state index contributed by atoms with van der Waals surface area (Å²) in [5.41, 5.74) is 0.201. The van der Waals surface area contributed by atoms with Crippen molar-refractivity contribution in [3.8, 4) is 5.88 Å². The van der Waals surface area contributed by atoms with Gasteiger partial charge in [0.15, 0.2) is 0 Å². The molecule has 17 heavy (non-hydrogen) atoms. The van der Waals surface area contributed by atoms with Crippen molar-refractivity contribution < 1.29 is 4.74 Å². The van der Waals surface area contributed by atoms with Gasteiger partial charge in [-0.2, -0.15) is 0 Å². The molecule has 1 rings (SSSR count). The van der Waals surface area contributed by atoms with Crippen LogP contribution in [0.25, 0.3) is 0 Å². The van der Waals surface area contributed by atoms with Crippen molar-refractivity contribution in [1.82, 2.24) is 9.97 Å². The fourth-order valence-electron chi connectivity index (χ4n) is 1.51. The van der Waals surface area contributed by atoms with Crippen molar-refractivity contribution >= 4 is 17.4 Å². The van der Waals surface area contributed by atoms with E-state index in [0.717, 1.165) is 25.2 Å². The number of nitrogens with one attached hydrogen (secondary N) is 1. The molecule has 0 fully saturated rings. The van der Waals surface area contributed by atoms with Gasteiger partial charge >= 0.3 is 0 Å². The molecule has 0 bridgehead atoms. The molecule has 0 spiro atoms. The molecule has 1 heterocycles. The number of nitrogens with zero attached hydrogens (tertiary/aromatic N) is 2. The van der Waals surface area contributed by atoms with Gasteiger partial charge in [0.2, 0.25) is 5.88 Å². The van der Waals surface area contributed by atoms with Crippen LogP contribution in [0.4, 0.5) is 5.82 Å². The predicted molar refractivity (Wildman–Crippen MR) is 70.8 cm³/mol. The second kappa shape index (κ2) is 6.64. The highest BCUT2D eigenvalue weighted by molar-refractivity contribution is 6.17. The number of rotatable bonds is 7. The number of anilines is 1. The molecule has 1 aromatic rings. The summed E-state index contributed by atoms with van der Waals surface area (Å²) in [7, 11) is 1.59. The Kier molecular flexibility index (Phi) is 5.48. The number of methoxy groups -OCH3 is 1. The Balaban J connectivity index is 2.48. The van der Waals surface area contributed by atoms with E-state index < -0.39 is 0 Å². The number of aromatic nitrogens is 2. The Labute approximate surface area is 108 Å². The number of hydrogen-bond acceptors (Lipinski definition) is 4. The zero-order chi connectivity index (χ0) is 12.7. The molecular weight excluding hydrogens is 238 g/mol. The van der Waals surface area contributed by atoms with Crippen LogP contribution in [-0.4, -0.2) is 29.5 Å². The van der Waals surface area contributed by atoms with E-state index in [-0.39, 0.29) is 5.41 Å². The van der Waals surface area contributed by atoms with Gasteiger partial charge in [0.25, 0.3) is 0 Å². The third-order valence-electron chi connectivity index (χ3n) is 2.59. The van der Waals surface area contributed by atoms with Gasteiger partial charge in [0.05, 0.1) is 7.11 Å². The van der Waals surface area contributed by atoms with Gasteiger partial charge in [0, 0.05) is 18.5 Å². The zero-order valence-corrected chi connectivity index (χ0v) is 11.4. The molecule has 0 aliphatic heterocycles. The van der Waals surface area contributed by atoms with E-state index in [1.807, 2.05) is 0 Å². The Hall–Kier alpha value is -1.03. The Morgan fingerprint density at radius 1 is 1.41 bits per heavy atom. The monoisotopic (exact) mass is 257 g/mol. The second-order valence-corrected chi connectivity index (χ2v) is 5.13. The van der Waals surface area contributed by atoms with Crippen molar-refractivity contribution in [2.24, 2.45) is 5.41 Å². The second-order valence-electron chi connectivity index (χ2n) is 4.76. The summed E-state index contributed by atoms with van der Waals surface area (Å²) in [5.74, 6) is 2.07. The lowest BCUT2D eigenvalue weighted by Gasteiger charge is -2.24. The molecule has 96 valence electrons. The third kappa shape index (κ3) is 5.22. The first-order chi connectivity index (χ1) is 8.07. The maximum atomic E-state index is 5.71. The average Bonchev–Trinajstić information content (AvgIpc) is 2.34. The molecule has 0 aliphatic rings. The molecule has 0 saturated heterocycles. The molecule has 1 aromatic heterocycles. The van der Waals surface area contributed by atoms with E-state index in [1.54, 1.807) is 13.2 Å². The number of ether oxygens (including phenoxy) is 1. The summed E-state index contributed by atoms with van der Waals surface area (Å²) in [6, 6.07) is 1.79. The first-order valence-electron chi connectivity index (χ1n) is 5.73. The standard InChI is InChI=1S/C12H20ClN3O/c1-12(2,5-4-6-13)8-14-10-7-11(17-3)16-9-15-10/h7,9H,4-6,8H2,1-3H3,(H,14,15,16). The maximum absolute atomic E-state index is 5.71. The van der Waals surface area contributed by atoms with Gasteiger partial charge in [-0.1, -0.05) is 13.8 Å². The lowest BCUT2D eigenvalue weighted by atomic mass is 9.88. The minimum absolute atomic E-state index is 0.201. The number of alkyl halides is 1. The van der Waals surface area contributed by atoms with Crippen molar-refractivity contribution in [3.05, 3.63) is 12.4 Å². The summed E-state index contributed by atoms with van der Waals surface area (Å²) in [5, 5.41) is 3.29. The highest BCUT2D eigenvalue weighted by Gasteiger charge is 2.17. The van der Waals surface area contributed by atoms with Crippen LogP contribution in [0, 0.1) is 5.41 Å². The van der Waals surface area contributed by atoms with E-state index in [1.165, 1.54) is 6.33 Å². The summed E-state index contributed by atoms with van der Waals surface area (Å²) in [4.78, 5) is 8.10. The SMILES string of the molecule is COc1cc(NCC(C)(C)CCCCl)ncn1. The first kappa shape index (κ1) is 14.0. The molecule has 5 heteroatoms. The van der Waals surface area contributed by atoms with Crippen LogP contribution in [0.15, 0.2) is 12.4 Å². The highest BCUT2D eigenvalue weighted by atomic mass is 35.5. The zero-order valence-electron chi connectivity index (χ0n) is 10.7. The van der Waals surface area contributed by atoms with Crippen molar-refractivity contribution in [2.75, 3.05) is 24.9 Å². The Bertz CT molecular complexity index is 344. The largest absolute Gasteiger partial charge is 0.481 e. The summed E-state index contributed by atoms with van der Waals surface area (Å²) >= 11 is 5.71. The summed E-state index contributed by atoms with van der Waals surface area (Å²) in [6.07, 6.45) is 3.61. The predicted octanol–water partition coefficient (Wildman–Crippen LogP) is 2.94. The Morgan fingerprint density at radius 2 is 2.18 bits per heavy atom. The normalized spacial score (nSPS) is 11.3. The first-order valence-corrected chi connectivity index (χ1v) is 6.27. The van der Waals surface area contributed by atoms with Crippen LogP contribution in [-0.2, 0) is 0 Å². The lowest BCUT2D eigenvalue weighted by molar-refractivity contribution is 0.355. The van der Waals surface area contributed by atoms with Gasteiger partial charge in [-0.15, -0.1) is 11.6 Å². The molecule has 4 nitrogen and oxygen atoms in total. The average molecular weight is 258 g/mol. The molecule has 0 amide bonds. The highest BCUT2D eigenvalue weighted by Crippen LogP contribution is 2.23. The minimum atomic E-state index is 0.201. The van der Waals surface area contributed by atoms with E-state index >= 15 is 0 Å². The number of hydrogen-bond donors (Lipinski definition) is 1. The van der Waals surface area contributed by atoms with Crippen LogP contribution >= 0.6 is 11.6 Å². The van der Waals surface area contributed by atoms with Crippen molar-refractivity contribution in [1.29, 1.82) is 0 Å². The van der Waals surface area contributed by atoms with Crippen LogP contribution in [0.2, 0.25) is 0 Å². The molecular formula is C12H20ClN3O. The van der Waals surface area contributed by atoms with Crippen LogP contribution in [0.5, 0.6) is 5.88 Å². The lowest BCUT2D eigenvalue weighted by Crippen LogP contribution is -2.23. The summed E-state index contributed by atoms with van der Waals surface area (Å²) < 4.78 is 5.04. The van der Waals surface area contributed by atoms with E-state index in [2.05, 4.69) is 29.1 Å².